The molecule has 0 amide bonds. The van der Waals surface area contributed by atoms with Gasteiger partial charge in [-0.25, -0.2) is 4.79 Å². The van der Waals surface area contributed by atoms with Crippen LogP contribution in [0.5, 0.6) is 0 Å². The van der Waals surface area contributed by atoms with Crippen molar-refractivity contribution in [3.63, 3.8) is 0 Å². The van der Waals surface area contributed by atoms with Gasteiger partial charge in [0.25, 0.3) is 0 Å². The summed E-state index contributed by atoms with van der Waals surface area (Å²) in [4.78, 5) is 12.5. The molecule has 2 aliphatic heterocycles. The fourth-order valence-electron chi connectivity index (χ4n) is 3.97. The molecule has 0 bridgehead atoms. The number of thioether (sulfide) groups is 1. The zero-order valence-corrected chi connectivity index (χ0v) is 15.1. The van der Waals surface area contributed by atoms with E-state index in [4.69, 9.17) is 0 Å². The Bertz CT molecular complexity index is 608. The van der Waals surface area contributed by atoms with Crippen molar-refractivity contribution >= 4 is 23.8 Å². The van der Waals surface area contributed by atoms with Gasteiger partial charge < -0.3 is 10.4 Å². The van der Waals surface area contributed by atoms with E-state index in [-0.39, 0.29) is 0 Å². The van der Waals surface area contributed by atoms with Crippen LogP contribution < -0.4 is 5.32 Å². The van der Waals surface area contributed by atoms with Crippen molar-refractivity contribution < 1.29 is 9.90 Å². The van der Waals surface area contributed by atoms with Gasteiger partial charge in [-0.1, -0.05) is 44.1 Å². The number of piperidine rings is 1. The molecule has 0 saturated carbocycles. The smallest absolute Gasteiger partial charge is 0.336 e. The van der Waals surface area contributed by atoms with Crippen molar-refractivity contribution in [3.05, 3.63) is 35.4 Å². The molecule has 2 unspecified atom stereocenters. The van der Waals surface area contributed by atoms with E-state index in [0.717, 1.165) is 29.5 Å². The summed E-state index contributed by atoms with van der Waals surface area (Å²) in [7, 11) is 0. The first-order valence-corrected chi connectivity index (χ1v) is 10.0. The molecule has 0 spiro atoms. The fourth-order valence-corrected chi connectivity index (χ4v) is 5.49. The van der Waals surface area contributed by atoms with E-state index in [0.29, 0.717) is 16.7 Å². The van der Waals surface area contributed by atoms with E-state index in [1.807, 2.05) is 12.1 Å². The van der Waals surface area contributed by atoms with Crippen molar-refractivity contribution in [2.45, 2.75) is 49.2 Å². The lowest BCUT2D eigenvalue weighted by molar-refractivity contribution is 0.0693. The highest BCUT2D eigenvalue weighted by Gasteiger charge is 2.32. The second-order valence-corrected chi connectivity index (χ2v) is 8.05. The van der Waals surface area contributed by atoms with Crippen LogP contribution in [0.15, 0.2) is 29.2 Å². The average molecular weight is 346 g/mol. The van der Waals surface area contributed by atoms with Crippen molar-refractivity contribution in [2.75, 3.05) is 13.1 Å². The van der Waals surface area contributed by atoms with E-state index in [1.165, 1.54) is 32.1 Å². The van der Waals surface area contributed by atoms with E-state index in [9.17, 15) is 9.90 Å². The van der Waals surface area contributed by atoms with E-state index in [2.05, 4.69) is 24.4 Å². The molecule has 3 nitrogen and oxygen atoms in total. The Morgan fingerprint density at radius 3 is 2.88 bits per heavy atom. The standard InChI is InChI=1S/C20H27NO2S/c1-2-3-6-16(14-10-12-21-13-11-14)18-9-8-15-5-4-7-17(20(22)23)19(15)24-18/h4-5,7-9,14,16,18,21H,2-3,6,10-13H2,1H3,(H,22,23). The lowest BCUT2D eigenvalue weighted by Crippen LogP contribution is -2.35. The SMILES string of the molecule is CCCCC(C1CCNCC1)C1C=Cc2cccc(C(=O)O)c2S1. The Hall–Kier alpha value is -1.26. The molecule has 2 N–H and O–H groups in total. The van der Waals surface area contributed by atoms with Crippen LogP contribution in [0.3, 0.4) is 0 Å². The molecule has 0 radical (unpaired) electrons. The number of rotatable bonds is 6. The normalized spacial score (nSPS) is 22.1. The summed E-state index contributed by atoms with van der Waals surface area (Å²) in [5, 5.41) is 13.4. The molecule has 130 valence electrons. The summed E-state index contributed by atoms with van der Waals surface area (Å²) < 4.78 is 0. The number of unbranched alkanes of at least 4 members (excludes halogenated alkanes) is 1. The number of hydrogen-bond acceptors (Lipinski definition) is 3. The lowest BCUT2D eigenvalue weighted by atomic mass is 9.79. The number of hydrogen-bond donors (Lipinski definition) is 2. The fraction of sp³-hybridized carbons (Fsp3) is 0.550. The maximum atomic E-state index is 11.6. The van der Waals surface area contributed by atoms with Crippen molar-refractivity contribution in [1.82, 2.24) is 5.32 Å². The number of nitrogens with one attached hydrogen (secondary N) is 1. The van der Waals surface area contributed by atoms with Crippen molar-refractivity contribution in [2.24, 2.45) is 11.8 Å². The van der Waals surface area contributed by atoms with Gasteiger partial charge in [-0.2, -0.15) is 0 Å². The minimum Gasteiger partial charge on any atom is -0.478 e. The second-order valence-electron chi connectivity index (χ2n) is 6.86. The van der Waals surface area contributed by atoms with Gasteiger partial charge in [-0.05, 0) is 55.8 Å². The van der Waals surface area contributed by atoms with Crippen molar-refractivity contribution in [1.29, 1.82) is 0 Å². The summed E-state index contributed by atoms with van der Waals surface area (Å²) in [5.74, 6) is 0.571. The predicted octanol–water partition coefficient (Wildman–Crippen LogP) is 4.68. The summed E-state index contributed by atoms with van der Waals surface area (Å²) in [6.07, 6.45) is 10.7. The maximum Gasteiger partial charge on any atom is 0.336 e. The third-order valence-corrected chi connectivity index (χ3v) is 6.77. The van der Waals surface area contributed by atoms with E-state index < -0.39 is 5.97 Å². The Kier molecular flexibility index (Phi) is 6.01. The summed E-state index contributed by atoms with van der Waals surface area (Å²) in [6, 6.07) is 5.60. The minimum atomic E-state index is -0.819. The molecule has 2 heterocycles. The van der Waals surface area contributed by atoms with Crippen molar-refractivity contribution in [3.8, 4) is 0 Å². The van der Waals surface area contributed by atoms with Crippen LogP contribution in [-0.2, 0) is 0 Å². The van der Waals surface area contributed by atoms with Gasteiger partial charge in [-0.3, -0.25) is 0 Å². The monoisotopic (exact) mass is 345 g/mol. The molecule has 3 rings (SSSR count). The largest absolute Gasteiger partial charge is 0.478 e. The number of carbonyl (C=O) groups is 1. The highest BCUT2D eigenvalue weighted by atomic mass is 32.2. The first-order valence-electron chi connectivity index (χ1n) is 9.12. The molecule has 1 aromatic carbocycles. The number of aromatic carboxylic acids is 1. The first kappa shape index (κ1) is 17.6. The van der Waals surface area contributed by atoms with Gasteiger partial charge in [0.15, 0.2) is 0 Å². The topological polar surface area (TPSA) is 49.3 Å². The molecule has 1 saturated heterocycles. The Balaban J connectivity index is 1.83. The predicted molar refractivity (Wildman–Crippen MR) is 101 cm³/mol. The lowest BCUT2D eigenvalue weighted by Gasteiger charge is -2.36. The summed E-state index contributed by atoms with van der Waals surface area (Å²) in [6.45, 7) is 4.48. The van der Waals surface area contributed by atoms with Gasteiger partial charge in [0.2, 0.25) is 0 Å². The van der Waals surface area contributed by atoms with Crippen LogP contribution in [-0.4, -0.2) is 29.4 Å². The molecule has 1 fully saturated rings. The van der Waals surface area contributed by atoms with Crippen LogP contribution in [0.25, 0.3) is 6.08 Å². The number of carboxylic acids is 1. The summed E-state index contributed by atoms with van der Waals surface area (Å²) in [5.41, 5.74) is 1.50. The third kappa shape index (κ3) is 3.86. The minimum absolute atomic E-state index is 0.396. The van der Waals surface area contributed by atoms with Crippen LogP contribution >= 0.6 is 11.8 Å². The van der Waals surface area contributed by atoms with Crippen LogP contribution in [0.4, 0.5) is 0 Å². The van der Waals surface area contributed by atoms with Crippen LogP contribution in [0, 0.1) is 11.8 Å². The van der Waals surface area contributed by atoms with E-state index in [1.54, 1.807) is 17.8 Å². The Labute approximate surface area is 148 Å². The number of carboxylic acid groups (broad SMARTS) is 1. The molecule has 24 heavy (non-hydrogen) atoms. The molecule has 0 aromatic heterocycles. The molecule has 0 aliphatic carbocycles. The molecular weight excluding hydrogens is 318 g/mol. The molecule has 1 aromatic rings. The molecular formula is C20H27NO2S. The summed E-state index contributed by atoms with van der Waals surface area (Å²) >= 11 is 1.78. The van der Waals surface area contributed by atoms with Crippen LogP contribution in [0.1, 0.15) is 54.9 Å². The highest BCUT2D eigenvalue weighted by Crippen LogP contribution is 2.43. The zero-order valence-electron chi connectivity index (χ0n) is 14.3. The van der Waals surface area contributed by atoms with Gasteiger partial charge in [0.1, 0.15) is 0 Å². The van der Waals surface area contributed by atoms with E-state index >= 15 is 0 Å². The Morgan fingerprint density at radius 1 is 1.38 bits per heavy atom. The number of benzene rings is 1. The first-order chi connectivity index (χ1) is 11.7. The quantitative estimate of drug-likeness (QED) is 0.786. The van der Waals surface area contributed by atoms with Gasteiger partial charge >= 0.3 is 5.97 Å². The zero-order chi connectivity index (χ0) is 16.9. The molecule has 2 atom stereocenters. The molecule has 4 heteroatoms. The van der Waals surface area contributed by atoms with Crippen LogP contribution in [0.2, 0.25) is 0 Å². The molecule has 2 aliphatic rings. The van der Waals surface area contributed by atoms with Gasteiger partial charge in [0, 0.05) is 10.1 Å². The Morgan fingerprint density at radius 2 is 2.17 bits per heavy atom. The third-order valence-electron chi connectivity index (χ3n) is 5.30. The number of fused-ring (bicyclic) bond motifs is 1. The average Bonchev–Trinajstić information content (AvgIpc) is 2.62. The van der Waals surface area contributed by atoms with Gasteiger partial charge in [-0.15, -0.1) is 11.8 Å². The maximum absolute atomic E-state index is 11.6. The van der Waals surface area contributed by atoms with Gasteiger partial charge in [0.05, 0.1) is 5.56 Å². The highest BCUT2D eigenvalue weighted by molar-refractivity contribution is 8.00. The second kappa shape index (κ2) is 8.21.